The standard InChI is InChI=1S/C24H24N4OS/c29-24(25-13-16-28-14-3-4-15-28)18-9-7-17(8-10-18)21-11-12-22(30-21)23-26-19-5-1-2-6-20(19)27-23/h1-2,5-12H,3-4,13-16H2,(H,25,29)(H,26,27). The van der Waals surface area contributed by atoms with Crippen LogP contribution in [-0.4, -0.2) is 47.0 Å². The number of nitrogens with one attached hydrogen (secondary N) is 2. The van der Waals surface area contributed by atoms with Crippen molar-refractivity contribution in [2.75, 3.05) is 26.2 Å². The number of para-hydroxylation sites is 2. The molecule has 0 unspecified atom stereocenters. The number of carbonyl (C=O) groups is 1. The summed E-state index contributed by atoms with van der Waals surface area (Å²) in [6, 6.07) is 20.1. The monoisotopic (exact) mass is 416 g/mol. The molecule has 30 heavy (non-hydrogen) atoms. The smallest absolute Gasteiger partial charge is 0.251 e. The Balaban J connectivity index is 1.24. The number of fused-ring (bicyclic) bond motifs is 1. The van der Waals surface area contributed by atoms with Crippen molar-refractivity contribution in [2.24, 2.45) is 0 Å². The number of imidazole rings is 1. The zero-order chi connectivity index (χ0) is 20.3. The molecule has 0 saturated carbocycles. The van der Waals surface area contributed by atoms with Gasteiger partial charge in [-0.2, -0.15) is 0 Å². The zero-order valence-electron chi connectivity index (χ0n) is 16.7. The summed E-state index contributed by atoms with van der Waals surface area (Å²) < 4.78 is 0. The van der Waals surface area contributed by atoms with Crippen molar-refractivity contribution in [1.82, 2.24) is 20.2 Å². The Bertz CT molecular complexity index is 1120. The highest BCUT2D eigenvalue weighted by Crippen LogP contribution is 2.34. The summed E-state index contributed by atoms with van der Waals surface area (Å²) in [7, 11) is 0. The van der Waals surface area contributed by atoms with E-state index in [0.29, 0.717) is 12.1 Å². The molecular formula is C24H24N4OS. The van der Waals surface area contributed by atoms with Crippen molar-refractivity contribution in [3.05, 3.63) is 66.2 Å². The van der Waals surface area contributed by atoms with Crippen LogP contribution in [0.1, 0.15) is 23.2 Å². The summed E-state index contributed by atoms with van der Waals surface area (Å²) in [5.74, 6) is 0.886. The minimum absolute atomic E-state index is 0.00473. The van der Waals surface area contributed by atoms with E-state index in [2.05, 4.69) is 32.3 Å². The lowest BCUT2D eigenvalue weighted by molar-refractivity contribution is 0.0950. The molecule has 0 atom stereocenters. The summed E-state index contributed by atoms with van der Waals surface area (Å²) in [4.78, 5) is 25.1. The van der Waals surface area contributed by atoms with Crippen LogP contribution in [0.4, 0.5) is 0 Å². The molecule has 1 saturated heterocycles. The maximum absolute atomic E-state index is 12.4. The lowest BCUT2D eigenvalue weighted by atomic mass is 10.1. The van der Waals surface area contributed by atoms with Crippen molar-refractivity contribution in [3.63, 3.8) is 0 Å². The van der Waals surface area contributed by atoms with E-state index in [1.807, 2.05) is 48.5 Å². The number of hydrogen-bond acceptors (Lipinski definition) is 4. The predicted molar refractivity (Wildman–Crippen MR) is 123 cm³/mol. The first-order valence-corrected chi connectivity index (χ1v) is 11.2. The molecule has 1 aliphatic rings. The Morgan fingerprint density at radius 2 is 1.77 bits per heavy atom. The summed E-state index contributed by atoms with van der Waals surface area (Å²) in [5, 5.41) is 3.03. The van der Waals surface area contributed by atoms with Gasteiger partial charge in [-0.15, -0.1) is 11.3 Å². The summed E-state index contributed by atoms with van der Waals surface area (Å²) in [6.45, 7) is 3.94. The van der Waals surface area contributed by atoms with Gasteiger partial charge < -0.3 is 15.2 Å². The number of nitrogens with zero attached hydrogens (tertiary/aromatic N) is 2. The first-order valence-electron chi connectivity index (χ1n) is 10.4. The average molecular weight is 417 g/mol. The Morgan fingerprint density at radius 1 is 1.00 bits per heavy atom. The SMILES string of the molecule is O=C(NCCN1CCCC1)c1ccc(-c2ccc(-c3nc4ccccc4[nH]3)s2)cc1. The Hall–Kier alpha value is -2.96. The number of rotatable bonds is 6. The van der Waals surface area contributed by atoms with E-state index in [-0.39, 0.29) is 5.91 Å². The summed E-state index contributed by atoms with van der Waals surface area (Å²) in [6.07, 6.45) is 2.55. The van der Waals surface area contributed by atoms with E-state index in [0.717, 1.165) is 51.8 Å². The van der Waals surface area contributed by atoms with Crippen LogP contribution in [0.5, 0.6) is 0 Å². The highest BCUT2D eigenvalue weighted by Gasteiger charge is 2.13. The Morgan fingerprint density at radius 3 is 2.57 bits per heavy atom. The molecule has 5 rings (SSSR count). The number of likely N-dealkylation sites (tertiary alicyclic amines) is 1. The molecule has 0 bridgehead atoms. The maximum Gasteiger partial charge on any atom is 0.251 e. The van der Waals surface area contributed by atoms with E-state index in [9.17, 15) is 4.79 Å². The largest absolute Gasteiger partial charge is 0.351 e. The number of benzene rings is 2. The molecule has 152 valence electrons. The molecule has 1 amide bonds. The number of H-pyrrole nitrogens is 1. The fourth-order valence-corrected chi connectivity index (χ4v) is 4.87. The van der Waals surface area contributed by atoms with Crippen LogP contribution in [0.15, 0.2) is 60.7 Å². The van der Waals surface area contributed by atoms with Gasteiger partial charge in [-0.25, -0.2) is 4.98 Å². The highest BCUT2D eigenvalue weighted by atomic mass is 32.1. The second kappa shape index (κ2) is 8.42. The van der Waals surface area contributed by atoms with Crippen molar-refractivity contribution in [1.29, 1.82) is 0 Å². The molecule has 1 aliphatic heterocycles. The van der Waals surface area contributed by atoms with Gasteiger partial charge in [0.05, 0.1) is 15.9 Å². The molecular weight excluding hydrogens is 392 g/mol. The van der Waals surface area contributed by atoms with Gasteiger partial charge in [0.25, 0.3) is 5.91 Å². The van der Waals surface area contributed by atoms with Gasteiger partial charge in [0, 0.05) is 23.5 Å². The number of aromatic nitrogens is 2. The zero-order valence-corrected chi connectivity index (χ0v) is 17.5. The Kier molecular flexibility index (Phi) is 5.34. The minimum atomic E-state index is -0.00473. The van der Waals surface area contributed by atoms with Crippen molar-refractivity contribution < 1.29 is 4.79 Å². The first-order chi connectivity index (χ1) is 14.8. The van der Waals surface area contributed by atoms with Crippen LogP contribution in [0, 0.1) is 0 Å². The molecule has 2 aromatic heterocycles. The molecule has 0 spiro atoms. The normalized spacial score (nSPS) is 14.4. The number of hydrogen-bond donors (Lipinski definition) is 2. The van der Waals surface area contributed by atoms with Crippen LogP contribution in [-0.2, 0) is 0 Å². The quantitative estimate of drug-likeness (QED) is 0.475. The van der Waals surface area contributed by atoms with Gasteiger partial charge in [0.1, 0.15) is 5.82 Å². The van der Waals surface area contributed by atoms with E-state index >= 15 is 0 Å². The van der Waals surface area contributed by atoms with E-state index < -0.39 is 0 Å². The van der Waals surface area contributed by atoms with Crippen LogP contribution < -0.4 is 5.32 Å². The second-order valence-electron chi connectivity index (χ2n) is 7.65. The van der Waals surface area contributed by atoms with Crippen LogP contribution in [0.3, 0.4) is 0 Å². The number of amides is 1. The molecule has 6 heteroatoms. The lowest BCUT2D eigenvalue weighted by Gasteiger charge is -2.14. The van der Waals surface area contributed by atoms with Gasteiger partial charge in [-0.05, 0) is 67.9 Å². The third-order valence-electron chi connectivity index (χ3n) is 5.57. The molecule has 0 radical (unpaired) electrons. The van der Waals surface area contributed by atoms with Crippen LogP contribution >= 0.6 is 11.3 Å². The number of carbonyl (C=O) groups excluding carboxylic acids is 1. The molecule has 3 heterocycles. The first kappa shape index (κ1) is 19.0. The van der Waals surface area contributed by atoms with Crippen molar-refractivity contribution >= 4 is 28.3 Å². The van der Waals surface area contributed by atoms with Gasteiger partial charge in [0.2, 0.25) is 0 Å². The van der Waals surface area contributed by atoms with E-state index in [1.54, 1.807) is 11.3 Å². The predicted octanol–water partition coefficient (Wildman–Crippen LogP) is 4.78. The van der Waals surface area contributed by atoms with Gasteiger partial charge in [-0.1, -0.05) is 24.3 Å². The molecule has 5 nitrogen and oxygen atoms in total. The molecule has 2 N–H and O–H groups in total. The third-order valence-corrected chi connectivity index (χ3v) is 6.71. The fraction of sp³-hybridized carbons (Fsp3) is 0.250. The lowest BCUT2D eigenvalue weighted by Crippen LogP contribution is -2.33. The van der Waals surface area contributed by atoms with E-state index in [1.165, 1.54) is 12.8 Å². The second-order valence-corrected chi connectivity index (χ2v) is 8.73. The highest BCUT2D eigenvalue weighted by molar-refractivity contribution is 7.18. The molecule has 4 aromatic rings. The molecule has 0 aliphatic carbocycles. The summed E-state index contributed by atoms with van der Waals surface area (Å²) in [5.41, 5.74) is 3.83. The van der Waals surface area contributed by atoms with Gasteiger partial charge >= 0.3 is 0 Å². The molecule has 1 fully saturated rings. The minimum Gasteiger partial charge on any atom is -0.351 e. The third kappa shape index (κ3) is 4.01. The van der Waals surface area contributed by atoms with Crippen molar-refractivity contribution in [2.45, 2.75) is 12.8 Å². The van der Waals surface area contributed by atoms with Crippen molar-refractivity contribution in [3.8, 4) is 21.1 Å². The topological polar surface area (TPSA) is 61.0 Å². The number of aromatic amines is 1. The average Bonchev–Trinajstić information content (AvgIpc) is 3.53. The van der Waals surface area contributed by atoms with Crippen LogP contribution in [0.2, 0.25) is 0 Å². The fourth-order valence-electron chi connectivity index (χ4n) is 3.91. The van der Waals surface area contributed by atoms with Gasteiger partial charge in [-0.3, -0.25) is 4.79 Å². The molecule has 2 aromatic carbocycles. The Labute approximate surface area is 179 Å². The van der Waals surface area contributed by atoms with Crippen LogP contribution in [0.25, 0.3) is 32.2 Å². The van der Waals surface area contributed by atoms with E-state index in [4.69, 9.17) is 0 Å². The maximum atomic E-state index is 12.4. The summed E-state index contributed by atoms with van der Waals surface area (Å²) >= 11 is 1.70. The van der Waals surface area contributed by atoms with Gasteiger partial charge in [0.15, 0.2) is 0 Å². The number of thiophene rings is 1.